The van der Waals surface area contributed by atoms with Crippen molar-refractivity contribution < 1.29 is 4.79 Å². The minimum atomic E-state index is -0.0973. The number of carbonyl (C=O) groups excluding carboxylic acids is 1. The van der Waals surface area contributed by atoms with Gasteiger partial charge in [0.2, 0.25) is 0 Å². The Bertz CT molecular complexity index is 422. The molecule has 0 aromatic heterocycles. The smallest absolute Gasteiger partial charge is 0.320 e. The average molecular weight is 269 g/mol. The van der Waals surface area contributed by atoms with Crippen molar-refractivity contribution in [1.29, 1.82) is 0 Å². The molecule has 1 aromatic rings. The Morgan fingerprint density at radius 3 is 2.22 bits per heavy atom. The molecule has 1 N–H and O–H groups in total. The van der Waals surface area contributed by atoms with Gasteiger partial charge in [-0.3, -0.25) is 0 Å². The number of halogens is 1. The summed E-state index contributed by atoms with van der Waals surface area (Å²) in [4.78, 5) is 14.0. The predicted octanol–water partition coefficient (Wildman–Crippen LogP) is 4.30. The first-order valence-electron chi connectivity index (χ1n) is 6.18. The van der Waals surface area contributed by atoms with E-state index in [4.69, 9.17) is 11.6 Å². The van der Waals surface area contributed by atoms with E-state index in [1.165, 1.54) is 0 Å². The van der Waals surface area contributed by atoms with Crippen LogP contribution in [-0.4, -0.2) is 23.0 Å². The fourth-order valence-electron chi connectivity index (χ4n) is 1.92. The first kappa shape index (κ1) is 14.8. The Labute approximate surface area is 114 Å². The van der Waals surface area contributed by atoms with E-state index in [1.54, 1.807) is 11.0 Å². The zero-order valence-corrected chi connectivity index (χ0v) is 12.4. The fraction of sp³-hybridized carbons (Fsp3) is 0.500. The molecule has 0 atom stereocenters. The standard InChI is InChI=1S/C14H21ClN2O/c1-9(2)17(10(3)4)14(18)16-12-7-6-11(5)13(15)8-12/h6-10H,1-5H3,(H,16,18). The Kier molecular flexibility index (Phi) is 5.03. The second-order valence-corrected chi connectivity index (χ2v) is 5.40. The number of hydrogen-bond donors (Lipinski definition) is 1. The number of anilines is 1. The summed E-state index contributed by atoms with van der Waals surface area (Å²) < 4.78 is 0. The molecule has 0 fully saturated rings. The third-order valence-corrected chi connectivity index (χ3v) is 3.18. The number of urea groups is 1. The van der Waals surface area contributed by atoms with Gasteiger partial charge in [0.25, 0.3) is 0 Å². The van der Waals surface area contributed by atoms with Crippen LogP contribution in [0.25, 0.3) is 0 Å². The molecule has 18 heavy (non-hydrogen) atoms. The van der Waals surface area contributed by atoms with Gasteiger partial charge in [-0.25, -0.2) is 4.79 Å². The van der Waals surface area contributed by atoms with Crippen LogP contribution in [0.5, 0.6) is 0 Å². The second kappa shape index (κ2) is 6.10. The van der Waals surface area contributed by atoms with E-state index in [0.29, 0.717) is 5.02 Å². The van der Waals surface area contributed by atoms with Crippen molar-refractivity contribution >= 4 is 23.3 Å². The number of aryl methyl sites for hydroxylation is 1. The molecule has 0 saturated heterocycles. The van der Waals surface area contributed by atoms with Crippen LogP contribution in [0.2, 0.25) is 5.02 Å². The maximum absolute atomic E-state index is 12.2. The Balaban J connectivity index is 2.82. The molecule has 0 aliphatic rings. The molecular formula is C14H21ClN2O. The van der Waals surface area contributed by atoms with Crippen molar-refractivity contribution in [2.75, 3.05) is 5.32 Å². The van der Waals surface area contributed by atoms with E-state index < -0.39 is 0 Å². The fourth-order valence-corrected chi connectivity index (χ4v) is 2.10. The highest BCUT2D eigenvalue weighted by Gasteiger charge is 2.19. The Morgan fingerprint density at radius 2 is 1.78 bits per heavy atom. The lowest BCUT2D eigenvalue weighted by atomic mass is 10.2. The molecule has 4 heteroatoms. The van der Waals surface area contributed by atoms with Crippen LogP contribution in [0.15, 0.2) is 18.2 Å². The summed E-state index contributed by atoms with van der Waals surface area (Å²) in [6.07, 6.45) is 0. The van der Waals surface area contributed by atoms with Gasteiger partial charge in [0.05, 0.1) is 0 Å². The van der Waals surface area contributed by atoms with Gasteiger partial charge >= 0.3 is 6.03 Å². The van der Waals surface area contributed by atoms with Crippen LogP contribution >= 0.6 is 11.6 Å². The summed E-state index contributed by atoms with van der Waals surface area (Å²) in [6, 6.07) is 5.75. The van der Waals surface area contributed by atoms with Gasteiger partial charge in [-0.05, 0) is 52.3 Å². The largest absolute Gasteiger partial charge is 0.322 e. The molecule has 0 radical (unpaired) electrons. The number of rotatable bonds is 3. The van der Waals surface area contributed by atoms with Crippen LogP contribution in [0.3, 0.4) is 0 Å². The van der Waals surface area contributed by atoms with E-state index >= 15 is 0 Å². The van der Waals surface area contributed by atoms with Gasteiger partial charge in [-0.1, -0.05) is 17.7 Å². The normalized spacial score (nSPS) is 10.9. The first-order valence-corrected chi connectivity index (χ1v) is 6.56. The zero-order valence-electron chi connectivity index (χ0n) is 11.6. The molecular weight excluding hydrogens is 248 g/mol. The van der Waals surface area contributed by atoms with Crippen molar-refractivity contribution in [1.82, 2.24) is 4.90 Å². The molecule has 0 spiro atoms. The minimum Gasteiger partial charge on any atom is -0.320 e. The Hall–Kier alpha value is -1.22. The van der Waals surface area contributed by atoms with Gasteiger partial charge in [-0.15, -0.1) is 0 Å². The highest BCUT2D eigenvalue weighted by atomic mass is 35.5. The lowest BCUT2D eigenvalue weighted by Gasteiger charge is -2.30. The maximum atomic E-state index is 12.2. The summed E-state index contributed by atoms with van der Waals surface area (Å²) in [5, 5.41) is 3.54. The monoisotopic (exact) mass is 268 g/mol. The topological polar surface area (TPSA) is 32.3 Å². The summed E-state index contributed by atoms with van der Waals surface area (Å²) >= 11 is 6.04. The minimum absolute atomic E-state index is 0.0973. The van der Waals surface area contributed by atoms with Crippen LogP contribution < -0.4 is 5.32 Å². The van der Waals surface area contributed by atoms with Crippen LogP contribution in [0.4, 0.5) is 10.5 Å². The van der Waals surface area contributed by atoms with Crippen molar-refractivity contribution in [2.24, 2.45) is 0 Å². The van der Waals surface area contributed by atoms with Crippen molar-refractivity contribution in [3.8, 4) is 0 Å². The highest BCUT2D eigenvalue weighted by Crippen LogP contribution is 2.20. The van der Waals surface area contributed by atoms with E-state index in [9.17, 15) is 4.79 Å². The van der Waals surface area contributed by atoms with E-state index in [-0.39, 0.29) is 18.1 Å². The van der Waals surface area contributed by atoms with Gasteiger partial charge in [0.15, 0.2) is 0 Å². The number of nitrogens with one attached hydrogen (secondary N) is 1. The molecule has 0 heterocycles. The van der Waals surface area contributed by atoms with Gasteiger partial charge in [-0.2, -0.15) is 0 Å². The third-order valence-electron chi connectivity index (χ3n) is 2.77. The Morgan fingerprint density at radius 1 is 1.22 bits per heavy atom. The van der Waals surface area contributed by atoms with Crippen LogP contribution in [0.1, 0.15) is 33.3 Å². The summed E-state index contributed by atoms with van der Waals surface area (Å²) in [6.45, 7) is 9.94. The summed E-state index contributed by atoms with van der Waals surface area (Å²) in [5.74, 6) is 0. The van der Waals surface area contributed by atoms with Crippen molar-refractivity contribution in [3.63, 3.8) is 0 Å². The molecule has 2 amide bonds. The second-order valence-electron chi connectivity index (χ2n) is 4.99. The zero-order chi connectivity index (χ0) is 13.9. The molecule has 0 unspecified atom stereocenters. The third kappa shape index (κ3) is 3.64. The maximum Gasteiger partial charge on any atom is 0.322 e. The van der Waals surface area contributed by atoms with Gasteiger partial charge in [0.1, 0.15) is 0 Å². The quantitative estimate of drug-likeness (QED) is 0.871. The molecule has 3 nitrogen and oxygen atoms in total. The molecule has 0 aliphatic heterocycles. The summed E-state index contributed by atoms with van der Waals surface area (Å²) in [7, 11) is 0. The number of hydrogen-bond acceptors (Lipinski definition) is 1. The van der Waals surface area contributed by atoms with Gasteiger partial charge < -0.3 is 10.2 Å². The van der Waals surface area contributed by atoms with Gasteiger partial charge in [0, 0.05) is 22.8 Å². The number of benzene rings is 1. The molecule has 0 saturated carbocycles. The molecule has 1 aromatic carbocycles. The van der Waals surface area contributed by atoms with Crippen LogP contribution in [0, 0.1) is 6.92 Å². The van der Waals surface area contributed by atoms with Crippen molar-refractivity contribution in [2.45, 2.75) is 46.7 Å². The molecule has 0 aliphatic carbocycles. The highest BCUT2D eigenvalue weighted by molar-refractivity contribution is 6.31. The van der Waals surface area contributed by atoms with E-state index in [2.05, 4.69) is 5.32 Å². The van der Waals surface area contributed by atoms with E-state index in [0.717, 1.165) is 11.3 Å². The SMILES string of the molecule is Cc1ccc(NC(=O)N(C(C)C)C(C)C)cc1Cl. The lowest BCUT2D eigenvalue weighted by molar-refractivity contribution is 0.178. The van der Waals surface area contributed by atoms with E-state index in [1.807, 2.05) is 46.8 Å². The number of amides is 2. The summed E-state index contributed by atoms with van der Waals surface area (Å²) in [5.41, 5.74) is 1.72. The first-order chi connectivity index (χ1) is 8.32. The molecule has 1 rings (SSSR count). The lowest BCUT2D eigenvalue weighted by Crippen LogP contribution is -2.44. The molecule has 100 valence electrons. The predicted molar refractivity (Wildman–Crippen MR) is 77.3 cm³/mol. The number of nitrogens with zero attached hydrogens (tertiary/aromatic N) is 1. The van der Waals surface area contributed by atoms with Crippen molar-refractivity contribution in [3.05, 3.63) is 28.8 Å². The number of carbonyl (C=O) groups is 1. The van der Waals surface area contributed by atoms with Crippen LogP contribution in [-0.2, 0) is 0 Å². The molecule has 0 bridgehead atoms. The average Bonchev–Trinajstić information content (AvgIpc) is 2.22.